The molecule has 0 aliphatic carbocycles. The van der Waals surface area contributed by atoms with Crippen molar-refractivity contribution in [2.24, 2.45) is 5.73 Å². The van der Waals surface area contributed by atoms with Crippen molar-refractivity contribution < 1.29 is 14.6 Å². The minimum Gasteiger partial charge on any atom is -0.496 e. The lowest BCUT2D eigenvalue weighted by molar-refractivity contribution is 0.0509. The minimum absolute atomic E-state index is 0.549. The monoisotopic (exact) mass is 275 g/mol. The van der Waals surface area contributed by atoms with Crippen LogP contribution in [0.15, 0.2) is 30.3 Å². The topological polar surface area (TPSA) is 64.7 Å². The number of fused-ring (bicyclic) bond motifs is 1. The summed E-state index contributed by atoms with van der Waals surface area (Å²) < 4.78 is 10.8. The summed E-state index contributed by atoms with van der Waals surface area (Å²) in [6.07, 6.45) is 0. The van der Waals surface area contributed by atoms with Crippen molar-refractivity contribution in [3.05, 3.63) is 35.9 Å². The molecule has 20 heavy (non-hydrogen) atoms. The maximum atomic E-state index is 10.1. The largest absolute Gasteiger partial charge is 0.496 e. The van der Waals surface area contributed by atoms with E-state index in [-0.39, 0.29) is 0 Å². The molecular formula is C16H21NO3. The quantitative estimate of drug-likeness (QED) is 0.900. The first-order valence-electron chi connectivity index (χ1n) is 6.51. The van der Waals surface area contributed by atoms with Gasteiger partial charge in [-0.3, -0.25) is 0 Å². The van der Waals surface area contributed by atoms with Crippen molar-refractivity contribution in [3.63, 3.8) is 0 Å². The molecule has 0 heterocycles. The van der Waals surface area contributed by atoms with E-state index in [0.29, 0.717) is 5.75 Å². The van der Waals surface area contributed by atoms with Gasteiger partial charge >= 0.3 is 0 Å². The third-order valence-electron chi connectivity index (χ3n) is 3.51. The van der Waals surface area contributed by atoms with Gasteiger partial charge in [0, 0.05) is 10.9 Å². The van der Waals surface area contributed by atoms with E-state index < -0.39 is 11.6 Å². The fourth-order valence-corrected chi connectivity index (χ4v) is 2.27. The first kappa shape index (κ1) is 14.6. The highest BCUT2D eigenvalue weighted by Gasteiger charge is 2.27. The summed E-state index contributed by atoms with van der Waals surface area (Å²) in [6, 6.07) is 9.10. The summed E-state index contributed by atoms with van der Waals surface area (Å²) >= 11 is 0. The van der Waals surface area contributed by atoms with Crippen LogP contribution in [-0.2, 0) is 0 Å². The van der Waals surface area contributed by atoms with Gasteiger partial charge in [-0.05, 0) is 37.4 Å². The van der Waals surface area contributed by atoms with Crippen LogP contribution in [0, 0.1) is 0 Å². The maximum Gasteiger partial charge on any atom is 0.126 e. The molecule has 0 bridgehead atoms. The molecule has 2 rings (SSSR count). The van der Waals surface area contributed by atoms with Gasteiger partial charge in [0.25, 0.3) is 0 Å². The van der Waals surface area contributed by atoms with E-state index in [1.807, 2.05) is 30.3 Å². The molecule has 1 atom stereocenters. The number of hydrogen-bond donors (Lipinski definition) is 2. The number of ether oxygens (including phenoxy) is 2. The van der Waals surface area contributed by atoms with Gasteiger partial charge < -0.3 is 20.3 Å². The van der Waals surface area contributed by atoms with Crippen LogP contribution in [-0.4, -0.2) is 24.9 Å². The van der Waals surface area contributed by atoms with Crippen molar-refractivity contribution in [1.29, 1.82) is 0 Å². The normalized spacial score (nSPS) is 13.3. The Hall–Kier alpha value is -1.78. The number of hydrogen-bond acceptors (Lipinski definition) is 4. The Bertz CT molecular complexity index is 617. The van der Waals surface area contributed by atoms with Gasteiger partial charge in [-0.1, -0.05) is 12.1 Å². The molecule has 0 aliphatic heterocycles. The van der Waals surface area contributed by atoms with Crippen LogP contribution in [0.3, 0.4) is 0 Å². The molecule has 3 N–H and O–H groups in total. The Morgan fingerprint density at radius 2 is 1.75 bits per heavy atom. The Labute approximate surface area is 119 Å². The average Bonchev–Trinajstić information content (AvgIpc) is 2.43. The van der Waals surface area contributed by atoms with Gasteiger partial charge in [0.1, 0.15) is 11.5 Å². The maximum absolute atomic E-state index is 10.1. The molecule has 0 radical (unpaired) electrons. The molecular weight excluding hydrogens is 254 g/mol. The van der Waals surface area contributed by atoms with Gasteiger partial charge in [-0.2, -0.15) is 0 Å². The Kier molecular flexibility index (Phi) is 3.88. The first-order valence-corrected chi connectivity index (χ1v) is 6.51. The zero-order valence-corrected chi connectivity index (χ0v) is 12.3. The molecule has 1 unspecified atom stereocenters. The lowest BCUT2D eigenvalue weighted by Gasteiger charge is -2.27. The van der Waals surface area contributed by atoms with E-state index in [2.05, 4.69) is 0 Å². The van der Waals surface area contributed by atoms with E-state index in [4.69, 9.17) is 15.2 Å². The Balaban J connectivity index is 2.70. The zero-order chi connectivity index (χ0) is 14.9. The Morgan fingerprint density at radius 1 is 1.10 bits per heavy atom. The smallest absolute Gasteiger partial charge is 0.126 e. The molecule has 0 spiro atoms. The number of benzene rings is 2. The van der Waals surface area contributed by atoms with Crippen molar-refractivity contribution in [2.75, 3.05) is 14.2 Å². The first-order chi connectivity index (χ1) is 9.38. The summed E-state index contributed by atoms with van der Waals surface area (Å²) in [5, 5.41) is 12.1. The molecule has 0 amide bonds. The van der Waals surface area contributed by atoms with Crippen LogP contribution < -0.4 is 15.2 Å². The fraction of sp³-hybridized carbons (Fsp3) is 0.375. The second kappa shape index (κ2) is 5.31. The summed E-state index contributed by atoms with van der Waals surface area (Å²) in [6.45, 7) is 3.37. The van der Waals surface area contributed by atoms with Crippen LogP contribution in [0.25, 0.3) is 10.8 Å². The van der Waals surface area contributed by atoms with Crippen LogP contribution in [0.1, 0.15) is 25.5 Å². The van der Waals surface area contributed by atoms with Crippen molar-refractivity contribution >= 4 is 10.8 Å². The summed E-state index contributed by atoms with van der Waals surface area (Å²) in [5.74, 6) is 1.44. The summed E-state index contributed by atoms with van der Waals surface area (Å²) in [5.41, 5.74) is 5.88. The number of nitrogens with two attached hydrogens (primary N) is 1. The van der Waals surface area contributed by atoms with Crippen molar-refractivity contribution in [3.8, 4) is 11.5 Å². The van der Waals surface area contributed by atoms with E-state index in [0.717, 1.165) is 22.1 Å². The average molecular weight is 275 g/mol. The number of methoxy groups -OCH3 is 2. The van der Waals surface area contributed by atoms with Crippen LogP contribution in [0.5, 0.6) is 11.5 Å². The third-order valence-corrected chi connectivity index (χ3v) is 3.51. The van der Waals surface area contributed by atoms with Crippen molar-refractivity contribution in [1.82, 2.24) is 0 Å². The van der Waals surface area contributed by atoms with Crippen LogP contribution in [0.2, 0.25) is 0 Å². The number of rotatable bonds is 4. The van der Waals surface area contributed by atoms with E-state index in [1.165, 1.54) is 0 Å². The van der Waals surface area contributed by atoms with E-state index >= 15 is 0 Å². The summed E-state index contributed by atoms with van der Waals surface area (Å²) in [7, 11) is 3.23. The van der Waals surface area contributed by atoms with Gasteiger partial charge in [-0.15, -0.1) is 0 Å². The molecule has 4 nitrogen and oxygen atoms in total. The predicted molar refractivity (Wildman–Crippen MR) is 80.3 cm³/mol. The SMILES string of the molecule is COc1cc2cccc(OC)c2cc1C(N)C(C)(C)O. The molecule has 2 aromatic rings. The molecule has 0 aromatic heterocycles. The van der Waals surface area contributed by atoms with Crippen LogP contribution >= 0.6 is 0 Å². The third kappa shape index (κ3) is 2.57. The van der Waals surface area contributed by atoms with Gasteiger partial charge in [0.15, 0.2) is 0 Å². The highest BCUT2D eigenvalue weighted by atomic mass is 16.5. The molecule has 0 saturated heterocycles. The van der Waals surface area contributed by atoms with Gasteiger partial charge in [0.2, 0.25) is 0 Å². The molecule has 2 aromatic carbocycles. The molecule has 0 saturated carbocycles. The van der Waals surface area contributed by atoms with Gasteiger partial charge in [-0.25, -0.2) is 0 Å². The lowest BCUT2D eigenvalue weighted by Crippen LogP contribution is -2.35. The molecule has 0 fully saturated rings. The standard InChI is InChI=1S/C16H21NO3/c1-16(2,18)15(17)12-9-11-10(8-14(12)20-4)6-5-7-13(11)19-3/h5-9,15,18H,17H2,1-4H3. The predicted octanol–water partition coefficient (Wildman–Crippen LogP) is 2.63. The lowest BCUT2D eigenvalue weighted by atomic mass is 9.90. The van der Waals surface area contributed by atoms with Gasteiger partial charge in [0.05, 0.1) is 25.9 Å². The van der Waals surface area contributed by atoms with E-state index in [1.54, 1.807) is 28.1 Å². The molecule has 108 valence electrons. The zero-order valence-electron chi connectivity index (χ0n) is 12.3. The Morgan fingerprint density at radius 3 is 2.30 bits per heavy atom. The minimum atomic E-state index is -1.04. The number of aliphatic hydroxyl groups is 1. The molecule has 0 aliphatic rings. The molecule has 4 heteroatoms. The second-order valence-electron chi connectivity index (χ2n) is 5.41. The van der Waals surface area contributed by atoms with E-state index in [9.17, 15) is 5.11 Å². The highest BCUT2D eigenvalue weighted by Crippen LogP contribution is 2.36. The fourth-order valence-electron chi connectivity index (χ4n) is 2.27. The van der Waals surface area contributed by atoms with Crippen molar-refractivity contribution in [2.45, 2.75) is 25.5 Å². The van der Waals surface area contributed by atoms with Crippen LogP contribution in [0.4, 0.5) is 0 Å². The summed E-state index contributed by atoms with van der Waals surface area (Å²) in [4.78, 5) is 0. The highest BCUT2D eigenvalue weighted by molar-refractivity contribution is 5.90. The second-order valence-corrected chi connectivity index (χ2v) is 5.41.